The molecule has 1 atom stereocenters. The van der Waals surface area contributed by atoms with Crippen molar-refractivity contribution in [2.45, 2.75) is 52.7 Å². The first-order valence-electron chi connectivity index (χ1n) is 6.04. The Morgan fingerprint density at radius 2 is 1.83 bits per heavy atom. The Morgan fingerprint density at radius 1 is 1.33 bits per heavy atom. The third-order valence-electron chi connectivity index (χ3n) is 2.02. The fourth-order valence-electron chi connectivity index (χ4n) is 1.31. The van der Waals surface area contributed by atoms with Crippen molar-refractivity contribution in [1.82, 2.24) is 10.3 Å². The molecule has 0 unspecified atom stereocenters. The van der Waals surface area contributed by atoms with Crippen LogP contribution in [0, 0.1) is 5.92 Å². The van der Waals surface area contributed by atoms with E-state index in [1.165, 1.54) is 7.05 Å². The summed E-state index contributed by atoms with van der Waals surface area (Å²) in [5.74, 6) is 5.13. The second-order valence-electron chi connectivity index (χ2n) is 5.78. The molecule has 0 bridgehead atoms. The van der Waals surface area contributed by atoms with Crippen molar-refractivity contribution in [3.8, 4) is 0 Å². The molecule has 0 saturated carbocycles. The molecule has 0 aromatic heterocycles. The number of carbonyl (C=O) groups excluding carboxylic acids is 2. The summed E-state index contributed by atoms with van der Waals surface area (Å²) in [7, 11) is 1.41. The largest absolute Gasteiger partial charge is 0.458 e. The number of nitrogens with two attached hydrogens (primary N) is 1. The zero-order chi connectivity index (χ0) is 14.5. The lowest BCUT2D eigenvalue weighted by molar-refractivity contribution is -0.157. The standard InChI is InChI=1S/C12H25N3O3/c1-8(2)7-9(14-11(17)15(6)13)10(16)18-12(3,4)5/h8-9H,7,13H2,1-6H3,(H,14,17)/t9-/m0/s1. The van der Waals surface area contributed by atoms with E-state index < -0.39 is 23.6 Å². The quantitative estimate of drug-likeness (QED) is 0.344. The average Bonchev–Trinajstić information content (AvgIpc) is 2.12. The molecule has 0 aromatic rings. The molecule has 0 spiro atoms. The van der Waals surface area contributed by atoms with Crippen LogP contribution in [0.4, 0.5) is 4.79 Å². The first-order valence-corrected chi connectivity index (χ1v) is 6.04. The summed E-state index contributed by atoms with van der Waals surface area (Å²) < 4.78 is 5.27. The van der Waals surface area contributed by atoms with E-state index in [0.29, 0.717) is 6.42 Å². The van der Waals surface area contributed by atoms with Crippen LogP contribution < -0.4 is 11.2 Å². The maximum absolute atomic E-state index is 12.0. The summed E-state index contributed by atoms with van der Waals surface area (Å²) >= 11 is 0. The number of nitrogens with zero attached hydrogens (tertiary/aromatic N) is 1. The number of nitrogens with one attached hydrogen (secondary N) is 1. The zero-order valence-electron chi connectivity index (χ0n) is 12.1. The minimum Gasteiger partial charge on any atom is -0.458 e. The third-order valence-corrected chi connectivity index (χ3v) is 2.02. The van der Waals surface area contributed by atoms with E-state index in [9.17, 15) is 9.59 Å². The van der Waals surface area contributed by atoms with Gasteiger partial charge in [0, 0.05) is 7.05 Å². The van der Waals surface area contributed by atoms with Crippen LogP contribution in [-0.4, -0.2) is 35.7 Å². The molecule has 2 amide bonds. The van der Waals surface area contributed by atoms with E-state index in [-0.39, 0.29) is 5.92 Å². The smallest absolute Gasteiger partial charge is 0.331 e. The van der Waals surface area contributed by atoms with Crippen molar-refractivity contribution in [3.05, 3.63) is 0 Å². The molecule has 0 fully saturated rings. The SMILES string of the molecule is CC(C)C[C@H](NC(=O)N(C)N)C(=O)OC(C)(C)C. The molecule has 0 rings (SSSR count). The highest BCUT2D eigenvalue weighted by atomic mass is 16.6. The van der Waals surface area contributed by atoms with Crippen LogP contribution in [-0.2, 0) is 9.53 Å². The van der Waals surface area contributed by atoms with Gasteiger partial charge in [0.05, 0.1) is 0 Å². The van der Waals surface area contributed by atoms with Gasteiger partial charge in [-0.2, -0.15) is 0 Å². The fraction of sp³-hybridized carbons (Fsp3) is 0.833. The lowest BCUT2D eigenvalue weighted by atomic mass is 10.0. The molecule has 0 aliphatic heterocycles. The normalized spacial score (nSPS) is 13.1. The van der Waals surface area contributed by atoms with Gasteiger partial charge in [-0.05, 0) is 33.1 Å². The Kier molecular flexibility index (Phi) is 6.11. The van der Waals surface area contributed by atoms with E-state index in [2.05, 4.69) is 5.32 Å². The molecular formula is C12H25N3O3. The van der Waals surface area contributed by atoms with Crippen molar-refractivity contribution in [3.63, 3.8) is 0 Å². The highest BCUT2D eigenvalue weighted by molar-refractivity contribution is 5.83. The monoisotopic (exact) mass is 259 g/mol. The maximum Gasteiger partial charge on any atom is 0.331 e. The number of esters is 1. The van der Waals surface area contributed by atoms with Gasteiger partial charge in [-0.15, -0.1) is 0 Å². The molecule has 0 aliphatic rings. The zero-order valence-corrected chi connectivity index (χ0v) is 12.1. The van der Waals surface area contributed by atoms with Crippen LogP contribution >= 0.6 is 0 Å². The van der Waals surface area contributed by atoms with Gasteiger partial charge in [-0.25, -0.2) is 15.4 Å². The second kappa shape index (κ2) is 6.58. The molecule has 106 valence electrons. The number of hydrogen-bond donors (Lipinski definition) is 2. The molecule has 0 aliphatic carbocycles. The number of rotatable bonds is 4. The Bertz CT molecular complexity index is 295. The van der Waals surface area contributed by atoms with Crippen LogP contribution in [0.1, 0.15) is 41.0 Å². The van der Waals surface area contributed by atoms with Crippen LogP contribution in [0.3, 0.4) is 0 Å². The van der Waals surface area contributed by atoms with Gasteiger partial charge in [0.25, 0.3) is 0 Å². The van der Waals surface area contributed by atoms with Crippen molar-refractivity contribution >= 4 is 12.0 Å². The highest BCUT2D eigenvalue weighted by Crippen LogP contribution is 2.12. The van der Waals surface area contributed by atoms with E-state index in [1.807, 2.05) is 13.8 Å². The molecule has 6 nitrogen and oxygen atoms in total. The van der Waals surface area contributed by atoms with Crippen molar-refractivity contribution in [2.75, 3.05) is 7.05 Å². The summed E-state index contributed by atoms with van der Waals surface area (Å²) in [5, 5.41) is 3.46. The number of hydrazine groups is 1. The number of ether oxygens (including phenoxy) is 1. The highest BCUT2D eigenvalue weighted by Gasteiger charge is 2.27. The molecule has 0 heterocycles. The lowest BCUT2D eigenvalue weighted by Crippen LogP contribution is -2.50. The molecule has 0 radical (unpaired) electrons. The van der Waals surface area contributed by atoms with Crippen LogP contribution in [0.25, 0.3) is 0 Å². The lowest BCUT2D eigenvalue weighted by Gasteiger charge is -2.26. The van der Waals surface area contributed by atoms with E-state index >= 15 is 0 Å². The number of amides is 2. The van der Waals surface area contributed by atoms with E-state index in [4.69, 9.17) is 10.6 Å². The first kappa shape index (κ1) is 16.7. The Morgan fingerprint density at radius 3 is 2.17 bits per heavy atom. The average molecular weight is 259 g/mol. The summed E-state index contributed by atoms with van der Waals surface area (Å²) in [6.07, 6.45) is 0.508. The Labute approximate surface area is 109 Å². The molecule has 0 saturated heterocycles. The van der Waals surface area contributed by atoms with Crippen molar-refractivity contribution in [1.29, 1.82) is 0 Å². The summed E-state index contributed by atoms with van der Waals surface area (Å²) in [4.78, 5) is 23.4. The summed E-state index contributed by atoms with van der Waals surface area (Å²) in [5.41, 5.74) is -0.578. The van der Waals surface area contributed by atoms with Gasteiger partial charge in [0.15, 0.2) is 0 Å². The molecular weight excluding hydrogens is 234 g/mol. The van der Waals surface area contributed by atoms with E-state index in [0.717, 1.165) is 5.01 Å². The minimum absolute atomic E-state index is 0.255. The third kappa shape index (κ3) is 7.11. The predicted octanol–water partition coefficient (Wildman–Crippen LogP) is 1.26. The summed E-state index contributed by atoms with van der Waals surface area (Å²) in [6.45, 7) is 9.29. The molecule has 0 aromatic carbocycles. The van der Waals surface area contributed by atoms with Crippen molar-refractivity contribution in [2.24, 2.45) is 11.8 Å². The molecule has 6 heteroatoms. The predicted molar refractivity (Wildman–Crippen MR) is 69.6 cm³/mol. The van der Waals surface area contributed by atoms with Crippen LogP contribution in [0.5, 0.6) is 0 Å². The van der Waals surface area contributed by atoms with Crippen LogP contribution in [0.15, 0.2) is 0 Å². The van der Waals surface area contributed by atoms with Gasteiger partial charge < -0.3 is 10.1 Å². The second-order valence-corrected chi connectivity index (χ2v) is 5.78. The van der Waals surface area contributed by atoms with Gasteiger partial charge >= 0.3 is 12.0 Å². The van der Waals surface area contributed by atoms with Gasteiger partial charge in [-0.3, -0.25) is 5.01 Å². The minimum atomic E-state index is -0.678. The van der Waals surface area contributed by atoms with Crippen molar-refractivity contribution < 1.29 is 14.3 Å². The number of urea groups is 1. The first-order chi connectivity index (χ1) is 8.03. The van der Waals surface area contributed by atoms with Gasteiger partial charge in [0.2, 0.25) is 0 Å². The summed E-state index contributed by atoms with van der Waals surface area (Å²) in [6, 6.07) is -1.19. The van der Waals surface area contributed by atoms with E-state index in [1.54, 1.807) is 20.8 Å². The van der Waals surface area contributed by atoms with Gasteiger partial charge in [-0.1, -0.05) is 13.8 Å². The number of carbonyl (C=O) groups is 2. The van der Waals surface area contributed by atoms with Crippen LogP contribution in [0.2, 0.25) is 0 Å². The molecule has 18 heavy (non-hydrogen) atoms. The molecule has 3 N–H and O–H groups in total. The Hall–Kier alpha value is -1.30. The fourth-order valence-corrected chi connectivity index (χ4v) is 1.31. The topological polar surface area (TPSA) is 84.7 Å². The van der Waals surface area contributed by atoms with Gasteiger partial charge in [0.1, 0.15) is 11.6 Å². The Balaban J connectivity index is 4.67. The number of hydrogen-bond acceptors (Lipinski definition) is 4. The maximum atomic E-state index is 12.0.